The van der Waals surface area contributed by atoms with E-state index in [0.29, 0.717) is 0 Å². The van der Waals surface area contributed by atoms with Crippen molar-refractivity contribution >= 4 is 20.8 Å². The molecule has 96 valence electrons. The molecule has 1 atom stereocenters. The summed E-state index contributed by atoms with van der Waals surface area (Å²) in [6, 6.07) is 9.07. The lowest BCUT2D eigenvalue weighted by Gasteiger charge is -2.29. The van der Waals surface area contributed by atoms with Gasteiger partial charge in [0.15, 0.2) is 0 Å². The predicted octanol–water partition coefficient (Wildman–Crippen LogP) is 2.87. The van der Waals surface area contributed by atoms with Gasteiger partial charge < -0.3 is 0 Å². The SMILES string of the molecule is PCc1ccc(N2CCC[N+]3=C2CCCC3)cc1. The molecule has 0 N–H and O–H groups in total. The van der Waals surface area contributed by atoms with Crippen molar-refractivity contribution in [3.63, 3.8) is 0 Å². The maximum absolute atomic E-state index is 2.79. The first kappa shape index (κ1) is 12.2. The van der Waals surface area contributed by atoms with Crippen molar-refractivity contribution in [1.82, 2.24) is 0 Å². The van der Waals surface area contributed by atoms with Gasteiger partial charge in [-0.15, -0.1) is 9.24 Å². The molecule has 0 saturated carbocycles. The summed E-state index contributed by atoms with van der Waals surface area (Å²) >= 11 is 0. The topological polar surface area (TPSA) is 6.25 Å². The van der Waals surface area contributed by atoms with Gasteiger partial charge in [-0.05, 0) is 36.7 Å². The molecule has 2 nitrogen and oxygen atoms in total. The Morgan fingerprint density at radius 2 is 1.83 bits per heavy atom. The maximum Gasteiger partial charge on any atom is 0.251 e. The van der Waals surface area contributed by atoms with Gasteiger partial charge in [0.2, 0.25) is 0 Å². The van der Waals surface area contributed by atoms with Gasteiger partial charge in [0.1, 0.15) is 5.69 Å². The lowest BCUT2D eigenvalue weighted by molar-refractivity contribution is -0.537. The van der Waals surface area contributed by atoms with Crippen molar-refractivity contribution in [2.75, 3.05) is 24.5 Å². The van der Waals surface area contributed by atoms with E-state index in [9.17, 15) is 0 Å². The largest absolute Gasteiger partial charge is 0.265 e. The molecule has 2 heterocycles. The third kappa shape index (κ3) is 2.31. The van der Waals surface area contributed by atoms with Crippen LogP contribution in [0.3, 0.4) is 0 Å². The zero-order valence-electron chi connectivity index (χ0n) is 10.9. The van der Waals surface area contributed by atoms with E-state index in [1.165, 1.54) is 56.6 Å². The second kappa shape index (κ2) is 5.40. The number of hydrogen-bond donors (Lipinski definition) is 0. The van der Waals surface area contributed by atoms with Gasteiger partial charge >= 0.3 is 0 Å². The summed E-state index contributed by atoms with van der Waals surface area (Å²) in [6.45, 7) is 3.71. The first-order valence-electron chi connectivity index (χ1n) is 7.06. The zero-order valence-corrected chi connectivity index (χ0v) is 12.1. The Labute approximate surface area is 112 Å². The van der Waals surface area contributed by atoms with E-state index < -0.39 is 0 Å². The number of benzene rings is 1. The molecule has 0 saturated heterocycles. The van der Waals surface area contributed by atoms with Crippen LogP contribution >= 0.6 is 9.24 Å². The summed E-state index contributed by atoms with van der Waals surface area (Å²) in [7, 11) is 2.79. The van der Waals surface area contributed by atoms with Gasteiger partial charge in [0.05, 0.1) is 19.6 Å². The van der Waals surface area contributed by atoms with Crippen LogP contribution in [-0.2, 0) is 6.16 Å². The van der Waals surface area contributed by atoms with Crippen LogP contribution in [0.5, 0.6) is 0 Å². The number of hydrogen-bond acceptors (Lipinski definition) is 1. The van der Waals surface area contributed by atoms with Gasteiger partial charge in [-0.1, -0.05) is 12.1 Å². The van der Waals surface area contributed by atoms with E-state index in [-0.39, 0.29) is 0 Å². The van der Waals surface area contributed by atoms with Gasteiger partial charge in [0.25, 0.3) is 5.84 Å². The number of nitrogens with zero attached hydrogens (tertiary/aromatic N) is 2. The molecule has 1 unspecified atom stereocenters. The molecule has 0 radical (unpaired) electrons. The van der Waals surface area contributed by atoms with Crippen molar-refractivity contribution in [3.8, 4) is 0 Å². The summed E-state index contributed by atoms with van der Waals surface area (Å²) in [5.74, 6) is 1.56. The van der Waals surface area contributed by atoms with Crippen LogP contribution in [0.15, 0.2) is 24.3 Å². The Kier molecular flexibility index (Phi) is 3.65. The summed E-state index contributed by atoms with van der Waals surface area (Å²) in [4.78, 5) is 2.54. The van der Waals surface area contributed by atoms with E-state index in [0.717, 1.165) is 6.16 Å². The Balaban J connectivity index is 1.89. The van der Waals surface area contributed by atoms with Crippen LogP contribution < -0.4 is 4.90 Å². The van der Waals surface area contributed by atoms with Gasteiger partial charge in [-0.2, -0.15) is 0 Å². The molecule has 1 aromatic carbocycles. The quantitative estimate of drug-likeness (QED) is 0.586. The fourth-order valence-corrected chi connectivity index (χ4v) is 3.33. The highest BCUT2D eigenvalue weighted by Gasteiger charge is 2.30. The van der Waals surface area contributed by atoms with Crippen LogP contribution in [0, 0.1) is 0 Å². The van der Waals surface area contributed by atoms with Crippen LogP contribution in [0.25, 0.3) is 0 Å². The highest BCUT2D eigenvalue weighted by atomic mass is 31.0. The number of rotatable bonds is 2. The zero-order chi connectivity index (χ0) is 12.4. The highest BCUT2D eigenvalue weighted by molar-refractivity contribution is 7.15. The van der Waals surface area contributed by atoms with Crippen LogP contribution in [0.1, 0.15) is 31.2 Å². The standard InChI is InChI=1S/C15H22N2P/c18-12-13-5-7-14(8-6-13)17-11-3-10-16-9-2-1-4-15(16)17/h5-8H,1-4,9-12,18H2/q+1. The molecule has 0 spiro atoms. The van der Waals surface area contributed by atoms with Crippen LogP contribution in [0.2, 0.25) is 0 Å². The maximum atomic E-state index is 2.79. The highest BCUT2D eigenvalue weighted by Crippen LogP contribution is 2.23. The van der Waals surface area contributed by atoms with Crippen molar-refractivity contribution in [1.29, 1.82) is 0 Å². The van der Waals surface area contributed by atoms with E-state index in [1.54, 1.807) is 5.84 Å². The molecule has 0 bridgehead atoms. The normalized spacial score (nSPS) is 19.9. The summed E-state index contributed by atoms with van der Waals surface area (Å²) < 4.78 is 2.59. The Morgan fingerprint density at radius 1 is 1.06 bits per heavy atom. The minimum absolute atomic E-state index is 1.04. The summed E-state index contributed by atoms with van der Waals surface area (Å²) in [5.41, 5.74) is 2.77. The van der Waals surface area contributed by atoms with E-state index in [2.05, 4.69) is 43.0 Å². The minimum atomic E-state index is 1.04. The first-order chi connectivity index (χ1) is 8.88. The molecule has 2 aliphatic rings. The predicted molar refractivity (Wildman–Crippen MR) is 80.7 cm³/mol. The lowest BCUT2D eigenvalue weighted by Crippen LogP contribution is -2.46. The van der Waals surface area contributed by atoms with Crippen LogP contribution in [0.4, 0.5) is 5.69 Å². The smallest absolute Gasteiger partial charge is 0.251 e. The van der Waals surface area contributed by atoms with E-state index in [4.69, 9.17) is 0 Å². The molecular formula is C15H22N2P+. The summed E-state index contributed by atoms with van der Waals surface area (Å²) in [5, 5.41) is 0. The molecule has 2 aliphatic heterocycles. The van der Waals surface area contributed by atoms with Crippen molar-refractivity contribution in [2.24, 2.45) is 0 Å². The minimum Gasteiger partial charge on any atom is -0.265 e. The lowest BCUT2D eigenvalue weighted by atomic mass is 10.1. The molecule has 1 aromatic rings. The van der Waals surface area contributed by atoms with Gasteiger partial charge in [0, 0.05) is 12.8 Å². The molecule has 0 aromatic heterocycles. The molecule has 3 heteroatoms. The molecule has 0 amide bonds. The van der Waals surface area contributed by atoms with E-state index >= 15 is 0 Å². The number of anilines is 1. The Bertz CT molecular complexity index is 446. The molecule has 0 aliphatic carbocycles. The molecule has 0 fully saturated rings. The van der Waals surface area contributed by atoms with Crippen molar-refractivity contribution in [3.05, 3.63) is 29.8 Å². The molecular weight excluding hydrogens is 239 g/mol. The Hall–Kier alpha value is -0.880. The second-order valence-corrected chi connectivity index (χ2v) is 5.64. The Morgan fingerprint density at radius 3 is 2.61 bits per heavy atom. The van der Waals surface area contributed by atoms with Crippen molar-refractivity contribution in [2.45, 2.75) is 31.8 Å². The van der Waals surface area contributed by atoms with Crippen molar-refractivity contribution < 1.29 is 4.58 Å². The number of amidine groups is 1. The van der Waals surface area contributed by atoms with Crippen LogP contribution in [-0.4, -0.2) is 30.0 Å². The fourth-order valence-electron chi connectivity index (χ4n) is 3.06. The summed E-state index contributed by atoms with van der Waals surface area (Å²) in [6.07, 6.45) is 6.30. The average Bonchev–Trinajstić information content (AvgIpc) is 2.47. The fraction of sp³-hybridized carbons (Fsp3) is 0.533. The average molecular weight is 261 g/mol. The third-order valence-corrected chi connectivity index (χ3v) is 4.52. The third-order valence-electron chi connectivity index (χ3n) is 4.05. The monoisotopic (exact) mass is 261 g/mol. The van der Waals surface area contributed by atoms with Gasteiger partial charge in [-0.3, -0.25) is 4.58 Å². The molecule has 3 rings (SSSR count). The molecule has 18 heavy (non-hydrogen) atoms. The first-order valence-corrected chi connectivity index (χ1v) is 7.87. The van der Waals surface area contributed by atoms with E-state index in [1.807, 2.05) is 0 Å². The second-order valence-electron chi connectivity index (χ2n) is 5.24. The van der Waals surface area contributed by atoms with Gasteiger partial charge in [-0.25, -0.2) is 4.90 Å².